The molecule has 0 radical (unpaired) electrons. The highest BCUT2D eigenvalue weighted by atomic mass is 32.2. The Morgan fingerprint density at radius 3 is 2.65 bits per heavy atom. The molecule has 0 fully saturated rings. The van der Waals surface area contributed by atoms with E-state index in [0.717, 1.165) is 23.0 Å². The third-order valence-corrected chi connectivity index (χ3v) is 5.56. The zero-order chi connectivity index (χ0) is 14.5. The summed E-state index contributed by atoms with van der Waals surface area (Å²) >= 11 is 3.22. The largest absolute Gasteiger partial charge is 0.326 e. The van der Waals surface area contributed by atoms with Gasteiger partial charge in [-0.1, -0.05) is 49.9 Å². The van der Waals surface area contributed by atoms with Crippen molar-refractivity contribution in [2.75, 3.05) is 0 Å². The molecular formula is C15H21N3S2. The molecule has 2 aromatic rings. The highest BCUT2D eigenvalue weighted by molar-refractivity contribution is 8.01. The van der Waals surface area contributed by atoms with Gasteiger partial charge in [0.2, 0.25) is 0 Å². The standard InChI is InChI=1S/C15H21N3S2/c1-4-12(16)14(11-9-7-6-8-10(11)3)19-15-17-13(5-2)18-20-15/h6-9,12,14H,4-5,16H2,1-3H3. The van der Waals surface area contributed by atoms with Gasteiger partial charge < -0.3 is 5.73 Å². The number of rotatable bonds is 6. The van der Waals surface area contributed by atoms with Crippen LogP contribution in [0.25, 0.3) is 0 Å². The van der Waals surface area contributed by atoms with Crippen LogP contribution < -0.4 is 5.73 Å². The van der Waals surface area contributed by atoms with Crippen LogP contribution in [0.4, 0.5) is 0 Å². The van der Waals surface area contributed by atoms with E-state index in [2.05, 4.69) is 54.4 Å². The molecule has 0 bridgehead atoms. The van der Waals surface area contributed by atoms with Gasteiger partial charge in [0.25, 0.3) is 0 Å². The second kappa shape index (κ2) is 7.20. The number of hydrogen-bond acceptors (Lipinski definition) is 5. The molecular weight excluding hydrogens is 286 g/mol. The van der Waals surface area contributed by atoms with Gasteiger partial charge in [-0.25, -0.2) is 4.98 Å². The molecule has 2 atom stereocenters. The van der Waals surface area contributed by atoms with E-state index in [1.54, 1.807) is 11.8 Å². The number of benzene rings is 1. The van der Waals surface area contributed by atoms with Crippen LogP contribution in [0.2, 0.25) is 0 Å². The topological polar surface area (TPSA) is 51.8 Å². The molecule has 20 heavy (non-hydrogen) atoms. The van der Waals surface area contributed by atoms with Crippen LogP contribution in [0, 0.1) is 6.92 Å². The SMILES string of the molecule is CCc1nsc(SC(c2ccccc2C)C(N)CC)n1. The molecule has 0 aliphatic heterocycles. The average molecular weight is 307 g/mol. The minimum absolute atomic E-state index is 0.120. The summed E-state index contributed by atoms with van der Waals surface area (Å²) in [7, 11) is 0. The van der Waals surface area contributed by atoms with Crippen molar-refractivity contribution in [3.8, 4) is 0 Å². The summed E-state index contributed by atoms with van der Waals surface area (Å²) in [5.74, 6) is 0.922. The van der Waals surface area contributed by atoms with Crippen molar-refractivity contribution in [3.05, 3.63) is 41.2 Å². The third-order valence-electron chi connectivity index (χ3n) is 3.35. The first-order chi connectivity index (χ1) is 9.65. The second-order valence-electron chi connectivity index (χ2n) is 4.80. The quantitative estimate of drug-likeness (QED) is 0.820. The van der Waals surface area contributed by atoms with Gasteiger partial charge in [0.15, 0.2) is 4.34 Å². The number of nitrogens with zero attached hydrogens (tertiary/aromatic N) is 2. The number of nitrogens with two attached hydrogens (primary N) is 1. The Morgan fingerprint density at radius 1 is 1.30 bits per heavy atom. The first kappa shape index (κ1) is 15.5. The molecule has 1 heterocycles. The summed E-state index contributed by atoms with van der Waals surface area (Å²) in [6.45, 7) is 6.35. The molecule has 1 aromatic heterocycles. The monoisotopic (exact) mass is 307 g/mol. The van der Waals surface area contributed by atoms with Crippen molar-refractivity contribution in [1.82, 2.24) is 9.36 Å². The Balaban J connectivity index is 2.26. The molecule has 0 saturated carbocycles. The fourth-order valence-corrected chi connectivity index (χ4v) is 4.27. The van der Waals surface area contributed by atoms with Crippen LogP contribution in [0.15, 0.2) is 28.6 Å². The summed E-state index contributed by atoms with van der Waals surface area (Å²) in [5.41, 5.74) is 8.93. The van der Waals surface area contributed by atoms with Crippen LogP contribution in [0.1, 0.15) is 42.5 Å². The van der Waals surface area contributed by atoms with E-state index in [0.29, 0.717) is 0 Å². The maximum atomic E-state index is 6.34. The lowest BCUT2D eigenvalue weighted by Crippen LogP contribution is -2.26. The van der Waals surface area contributed by atoms with Crippen molar-refractivity contribution in [2.24, 2.45) is 5.73 Å². The van der Waals surface area contributed by atoms with Crippen molar-refractivity contribution >= 4 is 23.3 Å². The summed E-state index contributed by atoms with van der Waals surface area (Å²) in [6.07, 6.45) is 1.83. The number of hydrogen-bond donors (Lipinski definition) is 1. The van der Waals surface area contributed by atoms with Gasteiger partial charge >= 0.3 is 0 Å². The van der Waals surface area contributed by atoms with E-state index in [1.807, 2.05) is 0 Å². The minimum atomic E-state index is 0.120. The molecule has 0 spiro atoms. The lowest BCUT2D eigenvalue weighted by Gasteiger charge is -2.23. The molecule has 0 aliphatic carbocycles. The molecule has 2 rings (SSSR count). The van der Waals surface area contributed by atoms with Crippen LogP contribution in [0.5, 0.6) is 0 Å². The maximum Gasteiger partial charge on any atom is 0.170 e. The van der Waals surface area contributed by atoms with Gasteiger partial charge in [-0.15, -0.1) is 0 Å². The molecule has 0 amide bonds. The second-order valence-corrected chi connectivity index (χ2v) is 6.94. The van der Waals surface area contributed by atoms with Gasteiger partial charge in [-0.05, 0) is 36.0 Å². The summed E-state index contributed by atoms with van der Waals surface area (Å²) in [4.78, 5) is 4.56. The normalized spacial score (nSPS) is 14.2. The molecule has 2 N–H and O–H groups in total. The molecule has 1 aromatic carbocycles. The fourth-order valence-electron chi connectivity index (χ4n) is 2.04. The van der Waals surface area contributed by atoms with Crippen molar-refractivity contribution in [2.45, 2.75) is 49.2 Å². The number of aromatic nitrogens is 2. The molecule has 0 aliphatic rings. The number of aryl methyl sites for hydroxylation is 2. The van der Waals surface area contributed by atoms with Gasteiger partial charge in [0.05, 0.1) is 5.25 Å². The highest BCUT2D eigenvalue weighted by Crippen LogP contribution is 2.39. The molecule has 3 nitrogen and oxygen atoms in total. The van der Waals surface area contributed by atoms with Gasteiger partial charge in [0.1, 0.15) is 5.82 Å². The summed E-state index contributed by atoms with van der Waals surface area (Å²) in [6, 6.07) is 8.58. The molecule has 5 heteroatoms. The Hall–Kier alpha value is -0.910. The van der Waals surface area contributed by atoms with E-state index in [4.69, 9.17) is 5.73 Å². The van der Waals surface area contributed by atoms with Crippen molar-refractivity contribution in [1.29, 1.82) is 0 Å². The third kappa shape index (κ3) is 3.59. The smallest absolute Gasteiger partial charge is 0.170 e. The van der Waals surface area contributed by atoms with Crippen LogP contribution in [-0.4, -0.2) is 15.4 Å². The molecule has 2 unspecified atom stereocenters. The highest BCUT2D eigenvalue weighted by Gasteiger charge is 2.23. The first-order valence-corrected chi connectivity index (χ1v) is 8.61. The average Bonchev–Trinajstić information content (AvgIpc) is 2.92. The van der Waals surface area contributed by atoms with Crippen LogP contribution >= 0.6 is 23.3 Å². The summed E-state index contributed by atoms with van der Waals surface area (Å²) < 4.78 is 5.37. The van der Waals surface area contributed by atoms with Crippen molar-refractivity contribution in [3.63, 3.8) is 0 Å². The zero-order valence-electron chi connectivity index (χ0n) is 12.2. The fraction of sp³-hybridized carbons (Fsp3) is 0.467. The Labute approximate surface area is 129 Å². The molecule has 108 valence electrons. The predicted octanol–water partition coefficient (Wildman–Crippen LogP) is 3.98. The van der Waals surface area contributed by atoms with Crippen LogP contribution in [-0.2, 0) is 6.42 Å². The lowest BCUT2D eigenvalue weighted by molar-refractivity contribution is 0.632. The Morgan fingerprint density at radius 2 is 2.05 bits per heavy atom. The Kier molecular flexibility index (Phi) is 5.57. The van der Waals surface area contributed by atoms with Gasteiger partial charge in [-0.3, -0.25) is 0 Å². The van der Waals surface area contributed by atoms with Gasteiger partial charge in [0, 0.05) is 12.5 Å². The maximum absolute atomic E-state index is 6.34. The van der Waals surface area contributed by atoms with E-state index >= 15 is 0 Å². The number of thioether (sulfide) groups is 1. The van der Waals surface area contributed by atoms with E-state index in [9.17, 15) is 0 Å². The summed E-state index contributed by atoms with van der Waals surface area (Å²) in [5, 5.41) is 0.235. The zero-order valence-corrected chi connectivity index (χ0v) is 13.8. The van der Waals surface area contributed by atoms with Gasteiger partial charge in [-0.2, -0.15) is 4.37 Å². The van der Waals surface area contributed by atoms with Crippen LogP contribution in [0.3, 0.4) is 0 Å². The van der Waals surface area contributed by atoms with E-state index in [-0.39, 0.29) is 11.3 Å². The Bertz CT molecular complexity index is 554. The van der Waals surface area contributed by atoms with E-state index in [1.165, 1.54) is 22.7 Å². The van der Waals surface area contributed by atoms with Crippen molar-refractivity contribution < 1.29 is 0 Å². The predicted molar refractivity (Wildman–Crippen MR) is 87.3 cm³/mol. The minimum Gasteiger partial charge on any atom is -0.326 e. The first-order valence-electron chi connectivity index (χ1n) is 6.96. The van der Waals surface area contributed by atoms with E-state index < -0.39 is 0 Å². The lowest BCUT2D eigenvalue weighted by atomic mass is 10.00. The molecule has 0 saturated heterocycles.